The lowest BCUT2D eigenvalue weighted by Crippen LogP contribution is -2.04. The van der Waals surface area contributed by atoms with Gasteiger partial charge >= 0.3 is 0 Å². The molecule has 0 bridgehead atoms. The van der Waals surface area contributed by atoms with Gasteiger partial charge < -0.3 is 10.5 Å². The molecule has 0 aliphatic carbocycles. The van der Waals surface area contributed by atoms with Crippen LogP contribution in [0.15, 0.2) is 12.4 Å². The van der Waals surface area contributed by atoms with Crippen LogP contribution in [0.25, 0.3) is 5.69 Å². The second-order valence-corrected chi connectivity index (χ2v) is 3.56. The fourth-order valence-corrected chi connectivity index (χ4v) is 1.58. The maximum atomic E-state index is 5.68. The van der Waals surface area contributed by atoms with Gasteiger partial charge in [-0.2, -0.15) is 5.10 Å². The van der Waals surface area contributed by atoms with E-state index in [2.05, 4.69) is 15.3 Å². The number of ether oxygens (including phenoxy) is 1. The quantitative estimate of drug-likeness (QED) is 0.753. The van der Waals surface area contributed by atoms with Gasteiger partial charge in [-0.1, -0.05) is 0 Å². The molecule has 2 heterocycles. The zero-order valence-electron chi connectivity index (χ0n) is 8.75. The van der Waals surface area contributed by atoms with Gasteiger partial charge in [-0.3, -0.25) is 9.25 Å². The fraction of sp³-hybridized carbons (Fsp3) is 0.375. The first-order valence-corrected chi connectivity index (χ1v) is 5.08. The van der Waals surface area contributed by atoms with E-state index < -0.39 is 0 Å². The van der Waals surface area contributed by atoms with E-state index in [9.17, 15) is 0 Å². The van der Waals surface area contributed by atoms with Gasteiger partial charge in [0, 0.05) is 13.3 Å². The monoisotopic (exact) mass is 240 g/mol. The van der Waals surface area contributed by atoms with E-state index in [-0.39, 0.29) is 0 Å². The molecule has 0 atom stereocenters. The number of nitrogens with one attached hydrogen (secondary N) is 1. The van der Waals surface area contributed by atoms with Crippen LogP contribution >= 0.6 is 12.2 Å². The smallest absolute Gasteiger partial charge is 0.225 e. The molecule has 7 nitrogen and oxygen atoms in total. The Kier molecular flexibility index (Phi) is 3.02. The number of nitrogens with two attached hydrogens (primary N) is 1. The molecule has 0 spiro atoms. The number of rotatable bonds is 4. The highest BCUT2D eigenvalue weighted by Gasteiger charge is 2.06. The summed E-state index contributed by atoms with van der Waals surface area (Å²) in [7, 11) is 1.65. The zero-order chi connectivity index (χ0) is 11.5. The molecule has 0 fully saturated rings. The van der Waals surface area contributed by atoms with E-state index in [4.69, 9.17) is 22.7 Å². The summed E-state index contributed by atoms with van der Waals surface area (Å²) in [6, 6.07) is 0. The standard InChI is InChI=1S/C8H12N6OS/c1-15-3-2-13-5-6(4-10-13)14-7(9)11-12-8(14)16/h4-5H,2-3H2,1H3,(H2,9,11)(H,12,16). The van der Waals surface area contributed by atoms with Gasteiger partial charge in [0.25, 0.3) is 0 Å². The van der Waals surface area contributed by atoms with Crippen LogP contribution in [0.3, 0.4) is 0 Å². The lowest BCUT2D eigenvalue weighted by atomic mass is 10.5. The van der Waals surface area contributed by atoms with Crippen molar-refractivity contribution < 1.29 is 4.74 Å². The molecule has 86 valence electrons. The SMILES string of the molecule is COCCn1cc(-n2c(N)n[nH]c2=S)cn1. The summed E-state index contributed by atoms with van der Waals surface area (Å²) >= 11 is 5.05. The van der Waals surface area contributed by atoms with E-state index in [1.807, 2.05) is 6.20 Å². The van der Waals surface area contributed by atoms with Crippen molar-refractivity contribution in [2.75, 3.05) is 19.5 Å². The van der Waals surface area contributed by atoms with E-state index in [1.54, 1.807) is 22.6 Å². The number of anilines is 1. The van der Waals surface area contributed by atoms with Crippen molar-refractivity contribution >= 4 is 18.2 Å². The minimum Gasteiger partial charge on any atom is -0.383 e. The van der Waals surface area contributed by atoms with Crippen LogP contribution < -0.4 is 5.73 Å². The fourth-order valence-electron chi connectivity index (χ4n) is 1.33. The molecular weight excluding hydrogens is 228 g/mol. The van der Waals surface area contributed by atoms with Crippen molar-refractivity contribution in [3.8, 4) is 5.69 Å². The lowest BCUT2D eigenvalue weighted by Gasteiger charge is -1.99. The maximum Gasteiger partial charge on any atom is 0.225 e. The largest absolute Gasteiger partial charge is 0.383 e. The Bertz CT molecular complexity index is 527. The van der Waals surface area contributed by atoms with E-state index in [1.165, 1.54) is 0 Å². The van der Waals surface area contributed by atoms with Gasteiger partial charge in [0.2, 0.25) is 10.7 Å². The van der Waals surface area contributed by atoms with Gasteiger partial charge in [-0.15, -0.1) is 5.10 Å². The van der Waals surface area contributed by atoms with Crippen LogP contribution in [0, 0.1) is 4.77 Å². The third kappa shape index (κ3) is 1.97. The van der Waals surface area contributed by atoms with E-state index >= 15 is 0 Å². The highest BCUT2D eigenvalue weighted by Crippen LogP contribution is 2.10. The van der Waals surface area contributed by atoms with Crippen molar-refractivity contribution in [2.24, 2.45) is 0 Å². The molecule has 2 rings (SSSR count). The number of methoxy groups -OCH3 is 1. The van der Waals surface area contributed by atoms with Gasteiger partial charge in [0.05, 0.1) is 25.0 Å². The Hall–Kier alpha value is -1.67. The number of nitrogens with zero attached hydrogens (tertiary/aromatic N) is 4. The van der Waals surface area contributed by atoms with Crippen molar-refractivity contribution in [3.05, 3.63) is 17.2 Å². The van der Waals surface area contributed by atoms with Crippen LogP contribution in [-0.2, 0) is 11.3 Å². The van der Waals surface area contributed by atoms with Crippen molar-refractivity contribution in [2.45, 2.75) is 6.54 Å². The second-order valence-electron chi connectivity index (χ2n) is 3.18. The first-order chi connectivity index (χ1) is 7.72. The number of aromatic amines is 1. The molecule has 2 aromatic rings. The first-order valence-electron chi connectivity index (χ1n) is 4.67. The maximum absolute atomic E-state index is 5.68. The molecule has 2 aromatic heterocycles. The molecule has 0 aliphatic rings. The Balaban J connectivity index is 2.28. The number of nitrogen functional groups attached to an aromatic ring is 1. The van der Waals surface area contributed by atoms with E-state index in [0.29, 0.717) is 23.9 Å². The molecular formula is C8H12N6OS. The Morgan fingerprint density at radius 2 is 2.44 bits per heavy atom. The van der Waals surface area contributed by atoms with Crippen LogP contribution in [-0.4, -0.2) is 38.3 Å². The van der Waals surface area contributed by atoms with Crippen molar-refractivity contribution in [1.82, 2.24) is 24.5 Å². The van der Waals surface area contributed by atoms with Crippen LogP contribution in [0.1, 0.15) is 0 Å². The van der Waals surface area contributed by atoms with Crippen molar-refractivity contribution in [1.29, 1.82) is 0 Å². The predicted molar refractivity (Wildman–Crippen MR) is 60.8 cm³/mol. The predicted octanol–water partition coefficient (Wildman–Crippen LogP) is 0.355. The molecule has 0 saturated heterocycles. The zero-order valence-corrected chi connectivity index (χ0v) is 9.57. The van der Waals surface area contributed by atoms with E-state index in [0.717, 1.165) is 5.69 Å². The number of hydrogen-bond donors (Lipinski definition) is 2. The average molecular weight is 240 g/mol. The van der Waals surface area contributed by atoms with Gasteiger partial charge in [-0.05, 0) is 12.2 Å². The summed E-state index contributed by atoms with van der Waals surface area (Å²) in [5.41, 5.74) is 6.46. The summed E-state index contributed by atoms with van der Waals surface area (Å²) in [5, 5.41) is 10.6. The van der Waals surface area contributed by atoms with Gasteiger partial charge in [0.1, 0.15) is 0 Å². The third-order valence-corrected chi connectivity index (χ3v) is 2.37. The molecule has 0 aromatic carbocycles. The molecule has 0 amide bonds. The average Bonchev–Trinajstić information content (AvgIpc) is 2.83. The summed E-state index contributed by atoms with van der Waals surface area (Å²) in [5.74, 6) is 0.316. The summed E-state index contributed by atoms with van der Waals surface area (Å²) in [4.78, 5) is 0. The Morgan fingerprint density at radius 1 is 1.62 bits per heavy atom. The normalized spacial score (nSPS) is 10.8. The number of aromatic nitrogens is 5. The van der Waals surface area contributed by atoms with Crippen LogP contribution in [0.5, 0.6) is 0 Å². The van der Waals surface area contributed by atoms with Crippen LogP contribution in [0.2, 0.25) is 0 Å². The van der Waals surface area contributed by atoms with Crippen molar-refractivity contribution in [3.63, 3.8) is 0 Å². The minimum absolute atomic E-state index is 0.316. The molecule has 16 heavy (non-hydrogen) atoms. The first kappa shape index (κ1) is 10.8. The molecule has 0 radical (unpaired) electrons. The highest BCUT2D eigenvalue weighted by molar-refractivity contribution is 7.71. The number of hydrogen-bond acceptors (Lipinski definition) is 5. The molecule has 0 saturated carbocycles. The van der Waals surface area contributed by atoms with Gasteiger partial charge in [-0.25, -0.2) is 5.10 Å². The third-order valence-electron chi connectivity index (χ3n) is 2.10. The Morgan fingerprint density at radius 3 is 3.06 bits per heavy atom. The topological polar surface area (TPSA) is 86.7 Å². The molecule has 3 N–H and O–H groups in total. The van der Waals surface area contributed by atoms with Crippen LogP contribution in [0.4, 0.5) is 5.95 Å². The summed E-state index contributed by atoms with van der Waals surface area (Å²) in [6.45, 7) is 1.29. The molecule has 8 heteroatoms. The molecule has 0 aliphatic heterocycles. The lowest BCUT2D eigenvalue weighted by molar-refractivity contribution is 0.183. The second kappa shape index (κ2) is 4.45. The minimum atomic E-state index is 0.316. The number of H-pyrrole nitrogens is 1. The Labute approximate surface area is 96.8 Å². The summed E-state index contributed by atoms with van der Waals surface area (Å²) in [6.07, 6.45) is 3.51. The summed E-state index contributed by atoms with van der Waals surface area (Å²) < 4.78 is 8.78. The molecule has 0 unspecified atom stereocenters. The highest BCUT2D eigenvalue weighted by atomic mass is 32.1. The van der Waals surface area contributed by atoms with Gasteiger partial charge in [0.15, 0.2) is 0 Å².